The van der Waals surface area contributed by atoms with Crippen molar-refractivity contribution < 1.29 is 14.8 Å². The predicted molar refractivity (Wildman–Crippen MR) is 70.2 cm³/mol. The number of hydrogen-bond acceptors (Lipinski definition) is 5. The molecular weight excluding hydrogens is 250 g/mol. The van der Waals surface area contributed by atoms with Gasteiger partial charge in [0.05, 0.1) is 4.92 Å². The number of nitrogens with zero attached hydrogens (tertiary/aromatic N) is 2. The summed E-state index contributed by atoms with van der Waals surface area (Å²) in [5.41, 5.74) is 0.181. The van der Waals surface area contributed by atoms with Crippen molar-refractivity contribution >= 4 is 17.5 Å². The number of nitrogens with one attached hydrogen (secondary N) is 1. The summed E-state index contributed by atoms with van der Waals surface area (Å²) >= 11 is 0. The Hall–Kier alpha value is -2.18. The second kappa shape index (κ2) is 6.67. The number of aromatic nitrogens is 1. The first-order valence-electron chi connectivity index (χ1n) is 6.07. The van der Waals surface area contributed by atoms with Gasteiger partial charge in [-0.2, -0.15) is 0 Å². The molecule has 0 aliphatic rings. The minimum atomic E-state index is -0.953. The summed E-state index contributed by atoms with van der Waals surface area (Å²) in [4.78, 5) is 25.2. The first-order valence-corrected chi connectivity index (χ1v) is 6.07. The van der Waals surface area contributed by atoms with Gasteiger partial charge in [-0.3, -0.25) is 10.1 Å². The Morgan fingerprint density at radius 3 is 2.74 bits per heavy atom. The first-order chi connectivity index (χ1) is 8.95. The van der Waals surface area contributed by atoms with Crippen LogP contribution in [0.1, 0.15) is 31.9 Å². The number of aryl methyl sites for hydroxylation is 1. The van der Waals surface area contributed by atoms with E-state index in [1.165, 1.54) is 19.1 Å². The average molecular weight is 267 g/mol. The quantitative estimate of drug-likeness (QED) is 0.580. The first kappa shape index (κ1) is 14.9. The zero-order valence-electron chi connectivity index (χ0n) is 10.9. The Balaban J connectivity index is 2.82. The van der Waals surface area contributed by atoms with Crippen LogP contribution in [0.4, 0.5) is 11.5 Å². The van der Waals surface area contributed by atoms with E-state index in [4.69, 9.17) is 5.11 Å². The van der Waals surface area contributed by atoms with E-state index in [2.05, 4.69) is 10.3 Å². The summed E-state index contributed by atoms with van der Waals surface area (Å²) in [6.07, 6.45) is 2.18. The number of carboxylic acids is 1. The normalized spacial score (nSPS) is 11.9. The molecule has 1 atom stereocenters. The SMILES string of the molecule is CCCCC(Nc1ccc([N+](=O)[O-])c(C)n1)C(=O)O. The molecule has 0 aliphatic heterocycles. The number of carbonyl (C=O) groups is 1. The largest absolute Gasteiger partial charge is 0.480 e. The van der Waals surface area contributed by atoms with Gasteiger partial charge in [-0.15, -0.1) is 0 Å². The zero-order valence-corrected chi connectivity index (χ0v) is 10.9. The van der Waals surface area contributed by atoms with E-state index >= 15 is 0 Å². The van der Waals surface area contributed by atoms with E-state index in [-0.39, 0.29) is 11.4 Å². The van der Waals surface area contributed by atoms with Crippen LogP contribution in [0.2, 0.25) is 0 Å². The van der Waals surface area contributed by atoms with Crippen LogP contribution in [0.3, 0.4) is 0 Å². The highest BCUT2D eigenvalue weighted by molar-refractivity contribution is 5.76. The summed E-state index contributed by atoms with van der Waals surface area (Å²) < 4.78 is 0. The van der Waals surface area contributed by atoms with E-state index in [0.29, 0.717) is 12.2 Å². The van der Waals surface area contributed by atoms with Crippen molar-refractivity contribution in [1.29, 1.82) is 0 Å². The van der Waals surface area contributed by atoms with E-state index in [1.54, 1.807) is 0 Å². The monoisotopic (exact) mass is 267 g/mol. The number of aliphatic carboxylic acids is 1. The van der Waals surface area contributed by atoms with E-state index < -0.39 is 16.9 Å². The van der Waals surface area contributed by atoms with Gasteiger partial charge in [0.15, 0.2) is 0 Å². The fourth-order valence-electron chi connectivity index (χ4n) is 1.67. The second-order valence-corrected chi connectivity index (χ2v) is 4.24. The molecule has 0 aromatic carbocycles. The summed E-state index contributed by atoms with van der Waals surface area (Å²) in [6, 6.07) is 2.02. The number of carboxylic acid groups (broad SMARTS) is 1. The van der Waals surface area contributed by atoms with Gasteiger partial charge in [0.2, 0.25) is 0 Å². The number of nitro groups is 1. The van der Waals surface area contributed by atoms with Crippen LogP contribution >= 0.6 is 0 Å². The molecule has 0 fully saturated rings. The molecule has 2 N–H and O–H groups in total. The van der Waals surface area contributed by atoms with Crippen LogP contribution in [0.15, 0.2) is 12.1 Å². The summed E-state index contributed by atoms with van der Waals surface area (Å²) in [5, 5.41) is 22.5. The third-order valence-electron chi connectivity index (χ3n) is 2.72. The van der Waals surface area contributed by atoms with Crippen molar-refractivity contribution in [3.05, 3.63) is 27.9 Å². The molecule has 0 aliphatic carbocycles. The van der Waals surface area contributed by atoms with Crippen LogP contribution in [0.25, 0.3) is 0 Å². The predicted octanol–water partition coefficient (Wildman–Crippen LogP) is 2.35. The number of hydrogen-bond donors (Lipinski definition) is 2. The maximum Gasteiger partial charge on any atom is 0.326 e. The molecule has 0 saturated carbocycles. The molecule has 1 aromatic heterocycles. The van der Waals surface area contributed by atoms with Crippen molar-refractivity contribution in [3.8, 4) is 0 Å². The second-order valence-electron chi connectivity index (χ2n) is 4.24. The average Bonchev–Trinajstić information content (AvgIpc) is 2.33. The molecule has 19 heavy (non-hydrogen) atoms. The molecule has 7 heteroatoms. The molecule has 7 nitrogen and oxygen atoms in total. The summed E-state index contributed by atoms with van der Waals surface area (Å²) in [6.45, 7) is 3.50. The fourth-order valence-corrected chi connectivity index (χ4v) is 1.67. The zero-order chi connectivity index (χ0) is 14.4. The van der Waals surface area contributed by atoms with Crippen molar-refractivity contribution in [2.45, 2.75) is 39.2 Å². The molecular formula is C12H17N3O4. The molecule has 1 unspecified atom stereocenters. The lowest BCUT2D eigenvalue weighted by molar-refractivity contribution is -0.385. The molecule has 0 spiro atoms. The van der Waals surface area contributed by atoms with Crippen molar-refractivity contribution in [2.24, 2.45) is 0 Å². The minimum absolute atomic E-state index is 0.0778. The Morgan fingerprint density at radius 2 is 2.26 bits per heavy atom. The Bertz CT molecular complexity index is 476. The molecule has 0 bridgehead atoms. The molecule has 1 rings (SSSR count). The Kier molecular flexibility index (Phi) is 5.23. The van der Waals surface area contributed by atoms with Crippen LogP contribution in [0, 0.1) is 17.0 Å². The van der Waals surface area contributed by atoms with Crippen molar-refractivity contribution in [1.82, 2.24) is 4.98 Å². The van der Waals surface area contributed by atoms with E-state index in [1.807, 2.05) is 6.92 Å². The highest BCUT2D eigenvalue weighted by Crippen LogP contribution is 2.19. The Morgan fingerprint density at radius 1 is 1.58 bits per heavy atom. The number of anilines is 1. The maximum atomic E-state index is 11.1. The number of rotatable bonds is 7. The molecule has 0 amide bonds. The van der Waals surface area contributed by atoms with Crippen molar-refractivity contribution in [2.75, 3.05) is 5.32 Å². The molecule has 104 valence electrons. The molecule has 0 saturated heterocycles. The maximum absolute atomic E-state index is 11.1. The fraction of sp³-hybridized carbons (Fsp3) is 0.500. The lowest BCUT2D eigenvalue weighted by atomic mass is 10.1. The smallest absolute Gasteiger partial charge is 0.326 e. The third-order valence-corrected chi connectivity index (χ3v) is 2.72. The van der Waals surface area contributed by atoms with Gasteiger partial charge in [-0.05, 0) is 19.4 Å². The van der Waals surface area contributed by atoms with Crippen molar-refractivity contribution in [3.63, 3.8) is 0 Å². The van der Waals surface area contributed by atoms with Crippen LogP contribution in [-0.4, -0.2) is 27.0 Å². The van der Waals surface area contributed by atoms with Gasteiger partial charge >= 0.3 is 5.97 Å². The topological polar surface area (TPSA) is 105 Å². The minimum Gasteiger partial charge on any atom is -0.480 e. The van der Waals surface area contributed by atoms with Gasteiger partial charge in [0.25, 0.3) is 5.69 Å². The summed E-state index contributed by atoms with van der Waals surface area (Å²) in [5.74, 6) is -0.613. The summed E-state index contributed by atoms with van der Waals surface area (Å²) in [7, 11) is 0. The van der Waals surface area contributed by atoms with Gasteiger partial charge in [-0.1, -0.05) is 19.8 Å². The molecule has 0 radical (unpaired) electrons. The molecule has 1 heterocycles. The van der Waals surface area contributed by atoms with Crippen LogP contribution in [-0.2, 0) is 4.79 Å². The lowest BCUT2D eigenvalue weighted by Crippen LogP contribution is -2.29. The number of pyridine rings is 1. The standard InChI is InChI=1S/C12H17N3O4/c1-3-4-5-9(12(16)17)14-11-7-6-10(15(18)19)8(2)13-11/h6-7,9H,3-5H2,1-2H3,(H,13,14)(H,16,17). The van der Waals surface area contributed by atoms with Gasteiger partial charge in [-0.25, -0.2) is 9.78 Å². The van der Waals surface area contributed by atoms with E-state index in [9.17, 15) is 14.9 Å². The van der Waals surface area contributed by atoms with Gasteiger partial charge < -0.3 is 10.4 Å². The van der Waals surface area contributed by atoms with Gasteiger partial charge in [0, 0.05) is 6.07 Å². The van der Waals surface area contributed by atoms with Gasteiger partial charge in [0.1, 0.15) is 17.6 Å². The highest BCUT2D eigenvalue weighted by Gasteiger charge is 2.18. The van der Waals surface area contributed by atoms with E-state index in [0.717, 1.165) is 12.8 Å². The number of unbranched alkanes of at least 4 members (excludes halogenated alkanes) is 1. The molecule has 1 aromatic rings. The van der Waals surface area contributed by atoms with Crippen LogP contribution < -0.4 is 5.32 Å². The Labute approximate surface area is 110 Å². The third kappa shape index (κ3) is 4.20. The van der Waals surface area contributed by atoms with Crippen LogP contribution in [0.5, 0.6) is 0 Å². The lowest BCUT2D eigenvalue weighted by Gasteiger charge is -2.14. The highest BCUT2D eigenvalue weighted by atomic mass is 16.6.